The van der Waals surface area contributed by atoms with Crippen LogP contribution < -0.4 is 5.32 Å². The Balaban J connectivity index is 1.76. The molecule has 2 aromatic rings. The first-order valence-electron chi connectivity index (χ1n) is 8.93. The maximum absolute atomic E-state index is 12.7. The fourth-order valence-corrected chi connectivity index (χ4v) is 4.56. The zero-order valence-electron chi connectivity index (χ0n) is 14.7. The Kier molecular flexibility index (Phi) is 5.68. The maximum atomic E-state index is 12.7. The normalized spacial score (nSPS) is 21.7. The number of aromatic nitrogens is 1. The maximum Gasteiger partial charge on any atom is 0.310 e. The van der Waals surface area contributed by atoms with E-state index in [0.717, 1.165) is 40.9 Å². The van der Waals surface area contributed by atoms with Crippen molar-refractivity contribution in [1.82, 2.24) is 10.3 Å². The number of hydrogen-bond acceptors (Lipinski definition) is 5. The van der Waals surface area contributed by atoms with Crippen LogP contribution in [0, 0.1) is 5.92 Å². The van der Waals surface area contributed by atoms with Gasteiger partial charge >= 0.3 is 5.97 Å². The van der Waals surface area contributed by atoms with Crippen molar-refractivity contribution >= 4 is 33.4 Å². The van der Waals surface area contributed by atoms with E-state index in [1.54, 1.807) is 18.3 Å². The number of para-hydroxylation sites is 1. The molecular weight excluding hydrogens is 336 g/mol. The summed E-state index contributed by atoms with van der Waals surface area (Å²) in [6.45, 7) is 3.99. The van der Waals surface area contributed by atoms with Crippen LogP contribution in [0.3, 0.4) is 0 Å². The van der Waals surface area contributed by atoms with Crippen molar-refractivity contribution in [3.05, 3.63) is 29.3 Å². The number of nitrogens with one attached hydrogen (secondary N) is 1. The minimum Gasteiger partial charge on any atom is -0.452 e. The number of esters is 1. The summed E-state index contributed by atoms with van der Waals surface area (Å²) in [4.78, 5) is 29.3. The van der Waals surface area contributed by atoms with Gasteiger partial charge in [-0.2, -0.15) is 0 Å². The van der Waals surface area contributed by atoms with Crippen LogP contribution in [0.4, 0.5) is 0 Å². The quantitative estimate of drug-likeness (QED) is 0.827. The van der Waals surface area contributed by atoms with Crippen LogP contribution in [0.5, 0.6) is 0 Å². The van der Waals surface area contributed by atoms with Gasteiger partial charge in [0.15, 0.2) is 6.10 Å². The molecule has 0 bridgehead atoms. The summed E-state index contributed by atoms with van der Waals surface area (Å²) in [5.41, 5.74) is 0.982. The smallest absolute Gasteiger partial charge is 0.310 e. The second-order valence-electron chi connectivity index (χ2n) is 6.49. The van der Waals surface area contributed by atoms with Crippen LogP contribution in [-0.4, -0.2) is 29.5 Å². The fourth-order valence-electron chi connectivity index (χ4n) is 3.39. The molecule has 1 fully saturated rings. The molecule has 134 valence electrons. The third-order valence-electron chi connectivity index (χ3n) is 4.71. The molecule has 1 aliphatic rings. The van der Waals surface area contributed by atoms with E-state index < -0.39 is 6.10 Å². The fraction of sp³-hybridized carbons (Fsp3) is 0.526. The average molecular weight is 360 g/mol. The monoisotopic (exact) mass is 360 g/mol. The number of nitrogens with zero attached hydrogens (tertiary/aromatic N) is 1. The molecule has 1 aromatic carbocycles. The Bertz CT molecular complexity index is 725. The largest absolute Gasteiger partial charge is 0.452 e. The molecule has 3 atom stereocenters. The highest BCUT2D eigenvalue weighted by Crippen LogP contribution is 2.41. The number of fused-ring (bicyclic) bond motifs is 1. The van der Waals surface area contributed by atoms with Gasteiger partial charge in [0.05, 0.1) is 21.1 Å². The zero-order chi connectivity index (χ0) is 17.8. The number of thiazole rings is 1. The second-order valence-corrected chi connectivity index (χ2v) is 7.55. The molecule has 0 saturated heterocycles. The first kappa shape index (κ1) is 17.9. The molecule has 1 aromatic heterocycles. The molecular formula is C19H24N2O3S. The Morgan fingerprint density at radius 1 is 1.32 bits per heavy atom. The van der Waals surface area contributed by atoms with Gasteiger partial charge in [0.1, 0.15) is 0 Å². The van der Waals surface area contributed by atoms with Gasteiger partial charge in [0.2, 0.25) is 0 Å². The van der Waals surface area contributed by atoms with Crippen LogP contribution in [0.15, 0.2) is 24.3 Å². The van der Waals surface area contributed by atoms with Crippen LogP contribution in [0.25, 0.3) is 10.2 Å². The summed E-state index contributed by atoms with van der Waals surface area (Å²) >= 11 is 1.66. The summed E-state index contributed by atoms with van der Waals surface area (Å²) < 4.78 is 6.60. The van der Waals surface area contributed by atoms with E-state index in [-0.39, 0.29) is 23.7 Å². The van der Waals surface area contributed by atoms with Gasteiger partial charge in [-0.25, -0.2) is 4.98 Å². The number of likely N-dealkylation sites (N-methyl/N-ethyl adjacent to an activating group) is 1. The van der Waals surface area contributed by atoms with Crippen LogP contribution in [0.2, 0.25) is 0 Å². The lowest BCUT2D eigenvalue weighted by Crippen LogP contribution is -2.38. The first-order chi connectivity index (χ1) is 12.1. The summed E-state index contributed by atoms with van der Waals surface area (Å²) in [6, 6.07) is 8.05. The minimum absolute atomic E-state index is 0.0834. The number of rotatable bonds is 5. The van der Waals surface area contributed by atoms with E-state index in [4.69, 9.17) is 9.72 Å². The van der Waals surface area contributed by atoms with Crippen LogP contribution in [0.1, 0.15) is 50.5 Å². The lowest BCUT2D eigenvalue weighted by atomic mass is 9.79. The first-order valence-corrected chi connectivity index (χ1v) is 9.75. The Morgan fingerprint density at radius 3 is 2.84 bits per heavy atom. The number of carbonyl (C=O) groups excluding carboxylic acids is 2. The average Bonchev–Trinajstić information content (AvgIpc) is 3.05. The highest BCUT2D eigenvalue weighted by molar-refractivity contribution is 7.18. The third kappa shape index (κ3) is 4.00. The third-order valence-corrected chi connectivity index (χ3v) is 5.88. The molecule has 1 heterocycles. The molecule has 25 heavy (non-hydrogen) atoms. The van der Waals surface area contributed by atoms with E-state index in [2.05, 4.69) is 11.4 Å². The number of ether oxygens (including phenoxy) is 1. The highest BCUT2D eigenvalue weighted by Gasteiger charge is 2.36. The van der Waals surface area contributed by atoms with Crippen LogP contribution in [-0.2, 0) is 14.3 Å². The summed E-state index contributed by atoms with van der Waals surface area (Å²) in [5, 5.41) is 3.70. The SMILES string of the molecule is CCNC(=O)[C@H](C)OC(=O)[C@H]1CCCC[C@@H]1c1nc2ccccc2s1. The molecule has 5 nitrogen and oxygen atoms in total. The summed E-state index contributed by atoms with van der Waals surface area (Å²) in [5.74, 6) is -0.655. The number of carbonyl (C=O) groups is 2. The second kappa shape index (κ2) is 7.95. The van der Waals surface area contributed by atoms with Crippen LogP contribution >= 0.6 is 11.3 Å². The summed E-state index contributed by atoms with van der Waals surface area (Å²) in [7, 11) is 0. The van der Waals surface area contributed by atoms with Gasteiger partial charge in [0, 0.05) is 12.5 Å². The molecule has 0 aliphatic heterocycles. The van der Waals surface area contributed by atoms with Gasteiger partial charge < -0.3 is 10.1 Å². The van der Waals surface area contributed by atoms with Crippen molar-refractivity contribution in [3.8, 4) is 0 Å². The molecule has 0 radical (unpaired) electrons. The van der Waals surface area contributed by atoms with Gasteiger partial charge in [-0.1, -0.05) is 25.0 Å². The molecule has 1 saturated carbocycles. The molecule has 3 rings (SSSR count). The standard InChI is InChI=1S/C19H24N2O3S/c1-3-20-17(22)12(2)24-19(23)14-9-5-4-8-13(14)18-21-15-10-6-7-11-16(15)25-18/h6-7,10-14H,3-5,8-9H2,1-2H3,(H,20,22)/t12-,13-,14-/m0/s1. The van der Waals surface area contributed by atoms with E-state index in [9.17, 15) is 9.59 Å². The number of hydrogen-bond donors (Lipinski definition) is 1. The van der Waals surface area contributed by atoms with Crippen molar-refractivity contribution in [2.45, 2.75) is 51.6 Å². The predicted octanol–water partition coefficient (Wildman–Crippen LogP) is 3.64. The Hall–Kier alpha value is -1.95. The van der Waals surface area contributed by atoms with Crippen molar-refractivity contribution in [2.75, 3.05) is 6.54 Å². The van der Waals surface area contributed by atoms with Crippen molar-refractivity contribution < 1.29 is 14.3 Å². The molecule has 1 N–H and O–H groups in total. The molecule has 6 heteroatoms. The lowest BCUT2D eigenvalue weighted by Gasteiger charge is -2.29. The molecule has 1 aliphatic carbocycles. The number of benzene rings is 1. The Morgan fingerprint density at radius 2 is 2.08 bits per heavy atom. The van der Waals surface area contributed by atoms with Gasteiger partial charge in [-0.3, -0.25) is 9.59 Å². The van der Waals surface area contributed by atoms with E-state index in [1.165, 1.54) is 0 Å². The van der Waals surface area contributed by atoms with Crippen molar-refractivity contribution in [3.63, 3.8) is 0 Å². The van der Waals surface area contributed by atoms with Crippen molar-refractivity contribution in [1.29, 1.82) is 0 Å². The van der Waals surface area contributed by atoms with E-state index in [1.807, 2.05) is 25.1 Å². The molecule has 0 spiro atoms. The topological polar surface area (TPSA) is 68.3 Å². The highest BCUT2D eigenvalue weighted by atomic mass is 32.1. The lowest BCUT2D eigenvalue weighted by molar-refractivity contribution is -0.160. The predicted molar refractivity (Wildman–Crippen MR) is 98.6 cm³/mol. The zero-order valence-corrected chi connectivity index (χ0v) is 15.5. The van der Waals surface area contributed by atoms with Crippen molar-refractivity contribution in [2.24, 2.45) is 5.92 Å². The molecule has 0 unspecified atom stereocenters. The van der Waals surface area contributed by atoms with Gasteiger partial charge in [-0.05, 0) is 38.8 Å². The Labute approximate surface area is 151 Å². The summed E-state index contributed by atoms with van der Waals surface area (Å²) in [6.07, 6.45) is 3.08. The molecule has 1 amide bonds. The van der Waals surface area contributed by atoms with E-state index >= 15 is 0 Å². The van der Waals surface area contributed by atoms with Gasteiger partial charge in [0.25, 0.3) is 5.91 Å². The number of amides is 1. The van der Waals surface area contributed by atoms with Gasteiger partial charge in [-0.15, -0.1) is 11.3 Å². The minimum atomic E-state index is -0.759. The van der Waals surface area contributed by atoms with E-state index in [0.29, 0.717) is 6.54 Å².